The summed E-state index contributed by atoms with van der Waals surface area (Å²) in [5, 5.41) is 4.47. The second kappa shape index (κ2) is 12.3. The molecule has 0 bridgehead atoms. The quantitative estimate of drug-likeness (QED) is 0.203. The third kappa shape index (κ3) is 5.61. The zero-order chi connectivity index (χ0) is 31.9. The van der Waals surface area contributed by atoms with Crippen LogP contribution in [0.25, 0.3) is 10.9 Å². The van der Waals surface area contributed by atoms with Gasteiger partial charge in [-0.05, 0) is 85.0 Å². The molecule has 7 rings (SSSR count). The number of fused-ring (bicyclic) bond motifs is 1. The topological polar surface area (TPSA) is 90.8 Å². The molecule has 2 aromatic heterocycles. The fourth-order valence-corrected chi connectivity index (χ4v) is 8.31. The summed E-state index contributed by atoms with van der Waals surface area (Å²) in [6.45, 7) is 10.1. The van der Waals surface area contributed by atoms with Gasteiger partial charge >= 0.3 is 0 Å². The number of aromatic amines is 1. The predicted octanol–water partition coefficient (Wildman–Crippen LogP) is 7.41. The molecule has 2 aliphatic carbocycles. The number of nitrogens with one attached hydrogen (secondary N) is 2. The van der Waals surface area contributed by atoms with Crippen LogP contribution in [0.5, 0.6) is 0 Å². The van der Waals surface area contributed by atoms with E-state index in [-0.39, 0.29) is 35.6 Å². The lowest BCUT2D eigenvalue weighted by Crippen LogP contribution is -2.59. The fourth-order valence-electron chi connectivity index (χ4n) is 8.31. The van der Waals surface area contributed by atoms with Gasteiger partial charge in [-0.15, -0.1) is 0 Å². The summed E-state index contributed by atoms with van der Waals surface area (Å²) in [7, 11) is 0. The van der Waals surface area contributed by atoms with E-state index in [4.69, 9.17) is 9.15 Å². The third-order valence-corrected chi connectivity index (χ3v) is 11.0. The lowest BCUT2D eigenvalue weighted by molar-refractivity contribution is -0.149. The molecular formula is C38H46N4O4. The molecule has 2 atom stereocenters. The minimum atomic E-state index is -0.948. The van der Waals surface area contributed by atoms with Crippen LogP contribution in [0.15, 0.2) is 71.3 Å². The van der Waals surface area contributed by atoms with Crippen LogP contribution in [-0.2, 0) is 20.9 Å². The maximum atomic E-state index is 14.6. The number of furan rings is 1. The number of H-pyrrole nitrogens is 1. The number of para-hydroxylation sites is 1. The Balaban J connectivity index is 1.16. The van der Waals surface area contributed by atoms with Gasteiger partial charge in [-0.25, -0.2) is 0 Å². The number of rotatable bonds is 9. The number of morpholine rings is 1. The van der Waals surface area contributed by atoms with Crippen LogP contribution in [0, 0.1) is 18.3 Å². The molecular weight excluding hydrogens is 576 g/mol. The molecule has 3 aliphatic rings. The van der Waals surface area contributed by atoms with Gasteiger partial charge in [0, 0.05) is 47.5 Å². The predicted molar refractivity (Wildman–Crippen MR) is 181 cm³/mol. The van der Waals surface area contributed by atoms with Gasteiger partial charge in [0.2, 0.25) is 11.8 Å². The van der Waals surface area contributed by atoms with E-state index in [2.05, 4.69) is 72.4 Å². The van der Waals surface area contributed by atoms with Gasteiger partial charge in [0.25, 0.3) is 0 Å². The van der Waals surface area contributed by atoms with Gasteiger partial charge in [0.15, 0.2) is 0 Å². The first-order chi connectivity index (χ1) is 22.3. The number of nitrogens with zero attached hydrogens (tertiary/aromatic N) is 2. The van der Waals surface area contributed by atoms with Gasteiger partial charge in [-0.1, -0.05) is 51.3 Å². The first kappa shape index (κ1) is 30.6. The van der Waals surface area contributed by atoms with Gasteiger partial charge in [-0.2, -0.15) is 0 Å². The lowest BCUT2D eigenvalue weighted by atomic mass is 9.78. The average Bonchev–Trinajstić information content (AvgIpc) is 3.43. The molecule has 46 heavy (non-hydrogen) atoms. The Hall–Kier alpha value is -4.04. The monoisotopic (exact) mass is 622 g/mol. The average molecular weight is 623 g/mol. The molecule has 2 amide bonds. The molecule has 4 aromatic rings. The molecule has 2 N–H and O–H groups in total. The van der Waals surface area contributed by atoms with Gasteiger partial charge < -0.3 is 29.3 Å². The summed E-state index contributed by atoms with van der Waals surface area (Å²) < 4.78 is 11.3. The Labute approximate surface area is 271 Å². The highest BCUT2D eigenvalue weighted by Gasteiger charge is 2.60. The van der Waals surface area contributed by atoms with Crippen LogP contribution in [0.2, 0.25) is 0 Å². The molecule has 242 valence electrons. The maximum absolute atomic E-state index is 14.6. The zero-order valence-electron chi connectivity index (χ0n) is 27.3. The third-order valence-electron chi connectivity index (χ3n) is 11.0. The van der Waals surface area contributed by atoms with Crippen LogP contribution in [0.3, 0.4) is 0 Å². The number of ether oxygens (including phenoxy) is 1. The summed E-state index contributed by atoms with van der Waals surface area (Å²) in [6.07, 6.45) is 6.16. The summed E-state index contributed by atoms with van der Waals surface area (Å²) in [6, 6.07) is 20.2. The van der Waals surface area contributed by atoms with Crippen molar-refractivity contribution in [2.75, 3.05) is 36.5 Å². The molecule has 2 saturated carbocycles. The summed E-state index contributed by atoms with van der Waals surface area (Å²) >= 11 is 0. The van der Waals surface area contributed by atoms with Crippen molar-refractivity contribution in [3.63, 3.8) is 0 Å². The first-order valence-corrected chi connectivity index (χ1v) is 16.9. The van der Waals surface area contributed by atoms with Crippen LogP contribution in [-0.4, -0.2) is 53.5 Å². The van der Waals surface area contributed by atoms with Crippen molar-refractivity contribution in [1.82, 2.24) is 9.88 Å². The van der Waals surface area contributed by atoms with Crippen molar-refractivity contribution in [3.05, 3.63) is 83.9 Å². The fraction of sp³-hybridized carbons (Fsp3) is 0.474. The summed E-state index contributed by atoms with van der Waals surface area (Å²) in [5.74, 6) is 1.05. The Morgan fingerprint density at radius 2 is 1.72 bits per heavy atom. The van der Waals surface area contributed by atoms with E-state index < -0.39 is 5.54 Å². The van der Waals surface area contributed by atoms with Crippen LogP contribution in [0.4, 0.5) is 11.4 Å². The highest BCUT2D eigenvalue weighted by atomic mass is 16.5. The SMILES string of the molecule is Cc1[nH]c2ccccc2c1[C@H]1[C@H](CC(=O)N(Cc2ccco2)C2(C(=O)Nc3ccc(N4CCOCC4)cc3)CCCCC2)C1(C)C. The van der Waals surface area contributed by atoms with E-state index in [1.165, 1.54) is 16.6 Å². The van der Waals surface area contributed by atoms with Crippen LogP contribution in [0.1, 0.15) is 75.3 Å². The maximum Gasteiger partial charge on any atom is 0.250 e. The molecule has 0 radical (unpaired) electrons. The number of carbonyl (C=O) groups is 2. The summed E-state index contributed by atoms with van der Waals surface area (Å²) in [5.41, 5.74) is 4.51. The molecule has 1 aliphatic heterocycles. The molecule has 1 saturated heterocycles. The van der Waals surface area contributed by atoms with Gasteiger partial charge in [0.05, 0.1) is 26.0 Å². The smallest absolute Gasteiger partial charge is 0.250 e. The molecule has 2 aromatic carbocycles. The second-order valence-corrected chi connectivity index (χ2v) is 14.1. The van der Waals surface area contributed by atoms with Crippen LogP contribution >= 0.6 is 0 Å². The Morgan fingerprint density at radius 1 is 0.978 bits per heavy atom. The van der Waals surface area contributed by atoms with Crippen molar-refractivity contribution in [2.24, 2.45) is 11.3 Å². The number of benzene rings is 2. The van der Waals surface area contributed by atoms with E-state index in [1.807, 2.05) is 29.2 Å². The number of hydrogen-bond donors (Lipinski definition) is 2. The molecule has 3 heterocycles. The number of carbonyl (C=O) groups excluding carboxylic acids is 2. The largest absolute Gasteiger partial charge is 0.467 e. The van der Waals surface area contributed by atoms with Gasteiger partial charge in [-0.3, -0.25) is 9.59 Å². The molecule has 0 unspecified atom stereocenters. The number of aryl methyl sites for hydroxylation is 1. The van der Waals surface area contributed by atoms with Crippen molar-refractivity contribution in [1.29, 1.82) is 0 Å². The number of aromatic nitrogens is 1. The Kier molecular flexibility index (Phi) is 8.17. The zero-order valence-corrected chi connectivity index (χ0v) is 27.3. The summed E-state index contributed by atoms with van der Waals surface area (Å²) in [4.78, 5) is 36.8. The highest BCUT2D eigenvalue weighted by molar-refractivity contribution is 6.01. The Morgan fingerprint density at radius 3 is 2.43 bits per heavy atom. The molecule has 8 heteroatoms. The van der Waals surface area contributed by atoms with E-state index >= 15 is 0 Å². The van der Waals surface area contributed by atoms with Gasteiger partial charge in [0.1, 0.15) is 11.3 Å². The molecule has 8 nitrogen and oxygen atoms in total. The minimum Gasteiger partial charge on any atom is -0.467 e. The number of anilines is 2. The number of amides is 2. The Bertz CT molecular complexity index is 1680. The van der Waals surface area contributed by atoms with E-state index in [0.717, 1.165) is 62.5 Å². The highest BCUT2D eigenvalue weighted by Crippen LogP contribution is 2.67. The lowest BCUT2D eigenvalue weighted by Gasteiger charge is -2.45. The minimum absolute atomic E-state index is 0.0224. The number of hydrogen-bond acceptors (Lipinski definition) is 5. The van der Waals surface area contributed by atoms with E-state index in [9.17, 15) is 9.59 Å². The normalized spacial score (nSPS) is 22.0. The first-order valence-electron chi connectivity index (χ1n) is 16.9. The van der Waals surface area contributed by atoms with Crippen molar-refractivity contribution in [2.45, 2.75) is 77.3 Å². The van der Waals surface area contributed by atoms with Crippen molar-refractivity contribution >= 4 is 34.1 Å². The van der Waals surface area contributed by atoms with Crippen LogP contribution < -0.4 is 10.2 Å². The van der Waals surface area contributed by atoms with E-state index in [0.29, 0.717) is 25.0 Å². The van der Waals surface area contributed by atoms with E-state index in [1.54, 1.807) is 6.26 Å². The standard InChI is InChI=1S/C38H46N4O4/c1-26-34(30-11-5-6-12-32(30)39-26)35-31(37(35,2)3)24-33(43)42(25-29-10-9-21-46-29)38(17-7-4-8-18-38)36(44)40-27-13-15-28(16-14-27)41-19-22-45-23-20-41/h5-6,9-16,21,31,35,39H,4,7-8,17-20,22-25H2,1-3H3,(H,40,44)/t31-,35+/m0/s1. The van der Waals surface area contributed by atoms with Crippen molar-refractivity contribution in [3.8, 4) is 0 Å². The molecule has 0 spiro atoms. The van der Waals surface area contributed by atoms with Crippen molar-refractivity contribution < 1.29 is 18.7 Å². The second-order valence-electron chi connectivity index (χ2n) is 14.1. The molecule has 3 fully saturated rings.